The van der Waals surface area contributed by atoms with Crippen molar-refractivity contribution in [3.05, 3.63) is 65.2 Å². The van der Waals surface area contributed by atoms with Gasteiger partial charge in [-0.25, -0.2) is 0 Å². The number of benzene rings is 2. The molecule has 1 atom stereocenters. The van der Waals surface area contributed by atoms with Crippen LogP contribution in [0.15, 0.2) is 48.5 Å². The number of fused-ring (bicyclic) bond motifs is 1. The average molecular weight is 322 g/mol. The maximum atomic E-state index is 13.0. The van der Waals surface area contributed by atoms with E-state index >= 15 is 0 Å². The molecule has 0 bridgehead atoms. The normalized spacial score (nSPS) is 19.2. The Morgan fingerprint density at radius 2 is 1.88 bits per heavy atom. The highest BCUT2D eigenvalue weighted by atomic mass is 16.2. The molecule has 2 amide bonds. The molecule has 2 aromatic carbocycles. The van der Waals surface area contributed by atoms with Crippen molar-refractivity contribution in [1.29, 1.82) is 0 Å². The number of carbonyl (C=O) groups is 2. The topological polar surface area (TPSA) is 58.2 Å². The molecule has 4 nitrogen and oxygen atoms in total. The Morgan fingerprint density at radius 3 is 2.67 bits per heavy atom. The van der Waals surface area contributed by atoms with Gasteiger partial charge in [0.25, 0.3) is 5.91 Å². The summed E-state index contributed by atoms with van der Waals surface area (Å²) in [6.07, 6.45) is 2.84. The van der Waals surface area contributed by atoms with Gasteiger partial charge in [-0.3, -0.25) is 9.59 Å². The molecule has 0 aliphatic heterocycles. The third kappa shape index (κ3) is 2.92. The summed E-state index contributed by atoms with van der Waals surface area (Å²) < 4.78 is 0. The van der Waals surface area contributed by atoms with Crippen LogP contribution in [0.2, 0.25) is 0 Å². The van der Waals surface area contributed by atoms with Crippen LogP contribution in [0.4, 0.5) is 5.69 Å². The number of rotatable bonds is 3. The molecule has 0 radical (unpaired) electrons. The van der Waals surface area contributed by atoms with Crippen LogP contribution in [0.25, 0.3) is 0 Å². The number of hydrogen-bond acceptors (Lipinski definition) is 2. The Hall–Kier alpha value is -2.62. The Kier molecular flexibility index (Phi) is 4.38. The Bertz CT molecular complexity index is 785. The summed E-state index contributed by atoms with van der Waals surface area (Å²) in [7, 11) is 1.59. The first-order chi connectivity index (χ1) is 11.5. The molecule has 124 valence electrons. The second kappa shape index (κ2) is 6.48. The molecule has 3 rings (SSSR count). The fourth-order valence-corrected chi connectivity index (χ4v) is 3.43. The minimum atomic E-state index is -0.544. The second-order valence-electron chi connectivity index (χ2n) is 6.46. The molecule has 2 N–H and O–H groups in total. The summed E-state index contributed by atoms with van der Waals surface area (Å²) in [5.41, 5.74) is 2.99. The highest BCUT2D eigenvalue weighted by molar-refractivity contribution is 6.01. The quantitative estimate of drug-likeness (QED) is 0.911. The molecule has 0 saturated heterocycles. The van der Waals surface area contributed by atoms with Gasteiger partial charge in [-0.2, -0.15) is 0 Å². The first-order valence-electron chi connectivity index (χ1n) is 8.26. The molecule has 0 saturated carbocycles. The molecule has 0 spiro atoms. The highest BCUT2D eigenvalue weighted by Crippen LogP contribution is 2.38. The van der Waals surface area contributed by atoms with Crippen molar-refractivity contribution >= 4 is 17.5 Å². The maximum absolute atomic E-state index is 13.0. The number of anilines is 1. The first-order valence-corrected chi connectivity index (χ1v) is 8.26. The summed E-state index contributed by atoms with van der Waals surface area (Å²) in [5, 5.41) is 5.59. The molecule has 0 aromatic heterocycles. The lowest BCUT2D eigenvalue weighted by Gasteiger charge is -2.34. The Balaban J connectivity index is 1.87. The van der Waals surface area contributed by atoms with E-state index in [2.05, 4.69) is 22.8 Å². The molecule has 4 heteroatoms. The molecular weight excluding hydrogens is 300 g/mol. The van der Waals surface area contributed by atoms with E-state index < -0.39 is 5.41 Å². The lowest BCUT2D eigenvalue weighted by Crippen LogP contribution is -2.40. The molecular formula is C20H22N2O2. The number of amides is 2. The van der Waals surface area contributed by atoms with Crippen LogP contribution in [0, 0.1) is 0 Å². The predicted octanol–water partition coefficient (Wildman–Crippen LogP) is 3.28. The molecule has 1 aliphatic carbocycles. The monoisotopic (exact) mass is 322 g/mol. The van der Waals surface area contributed by atoms with Crippen molar-refractivity contribution in [3.8, 4) is 0 Å². The van der Waals surface area contributed by atoms with E-state index in [1.54, 1.807) is 25.2 Å². The third-order valence-corrected chi connectivity index (χ3v) is 4.85. The van der Waals surface area contributed by atoms with E-state index in [4.69, 9.17) is 0 Å². The second-order valence-corrected chi connectivity index (χ2v) is 6.46. The molecule has 24 heavy (non-hydrogen) atoms. The van der Waals surface area contributed by atoms with Gasteiger partial charge in [-0.05, 0) is 55.5 Å². The SMILES string of the molecule is CNC(=O)c1cccc(NC(=O)C2(C)CCCc3ccccc32)c1. The number of carbonyl (C=O) groups excluding carboxylic acids is 2. The zero-order valence-corrected chi connectivity index (χ0v) is 14.1. The maximum Gasteiger partial charge on any atom is 0.251 e. The number of aryl methyl sites for hydroxylation is 1. The highest BCUT2D eigenvalue weighted by Gasteiger charge is 2.38. The Morgan fingerprint density at radius 1 is 1.08 bits per heavy atom. The lowest BCUT2D eigenvalue weighted by molar-refractivity contribution is -0.121. The van der Waals surface area contributed by atoms with Gasteiger partial charge in [0.2, 0.25) is 5.91 Å². The summed E-state index contributed by atoms with van der Waals surface area (Å²) in [4.78, 5) is 24.7. The van der Waals surface area contributed by atoms with Crippen molar-refractivity contribution < 1.29 is 9.59 Å². The van der Waals surface area contributed by atoms with Gasteiger partial charge in [0, 0.05) is 18.3 Å². The molecule has 0 heterocycles. The van der Waals surface area contributed by atoms with Gasteiger partial charge in [0.15, 0.2) is 0 Å². The van der Waals surface area contributed by atoms with Crippen LogP contribution in [-0.4, -0.2) is 18.9 Å². The molecule has 1 aliphatic rings. The van der Waals surface area contributed by atoms with Crippen molar-refractivity contribution in [2.24, 2.45) is 0 Å². The van der Waals surface area contributed by atoms with E-state index in [9.17, 15) is 9.59 Å². The number of nitrogens with one attached hydrogen (secondary N) is 2. The summed E-state index contributed by atoms with van der Waals surface area (Å²) in [6.45, 7) is 2.00. The molecule has 2 aromatic rings. The van der Waals surface area contributed by atoms with Crippen molar-refractivity contribution in [1.82, 2.24) is 5.32 Å². The largest absolute Gasteiger partial charge is 0.355 e. The van der Waals surface area contributed by atoms with Crippen LogP contribution in [0.1, 0.15) is 41.3 Å². The van der Waals surface area contributed by atoms with Crippen LogP contribution < -0.4 is 10.6 Å². The Labute approximate surface area is 142 Å². The van der Waals surface area contributed by atoms with Crippen molar-refractivity contribution in [3.63, 3.8) is 0 Å². The van der Waals surface area contributed by atoms with Gasteiger partial charge in [-0.15, -0.1) is 0 Å². The minimum Gasteiger partial charge on any atom is -0.355 e. The summed E-state index contributed by atoms with van der Waals surface area (Å²) >= 11 is 0. The van der Waals surface area contributed by atoms with Gasteiger partial charge in [-0.1, -0.05) is 30.3 Å². The zero-order chi connectivity index (χ0) is 17.2. The lowest BCUT2D eigenvalue weighted by atomic mass is 9.70. The molecule has 0 fully saturated rings. The van der Waals surface area contributed by atoms with E-state index in [-0.39, 0.29) is 11.8 Å². The summed E-state index contributed by atoms with van der Waals surface area (Å²) in [6, 6.07) is 15.2. The van der Waals surface area contributed by atoms with Crippen LogP contribution in [0.3, 0.4) is 0 Å². The molecule has 1 unspecified atom stereocenters. The third-order valence-electron chi connectivity index (χ3n) is 4.85. The van der Waals surface area contributed by atoms with Gasteiger partial charge in [0.05, 0.1) is 5.41 Å². The fourth-order valence-electron chi connectivity index (χ4n) is 3.43. The number of hydrogen-bond donors (Lipinski definition) is 2. The van der Waals surface area contributed by atoms with Crippen LogP contribution >= 0.6 is 0 Å². The van der Waals surface area contributed by atoms with Crippen LogP contribution in [0.5, 0.6) is 0 Å². The van der Waals surface area contributed by atoms with E-state index in [1.807, 2.05) is 25.1 Å². The van der Waals surface area contributed by atoms with Crippen molar-refractivity contribution in [2.75, 3.05) is 12.4 Å². The summed E-state index contributed by atoms with van der Waals surface area (Å²) in [5.74, 6) is -0.191. The van der Waals surface area contributed by atoms with E-state index in [1.165, 1.54) is 5.56 Å². The minimum absolute atomic E-state index is 0.0243. The van der Waals surface area contributed by atoms with Gasteiger partial charge in [0.1, 0.15) is 0 Å². The van der Waals surface area contributed by atoms with Crippen LogP contribution in [-0.2, 0) is 16.6 Å². The van der Waals surface area contributed by atoms with E-state index in [0.29, 0.717) is 11.3 Å². The fraction of sp³-hybridized carbons (Fsp3) is 0.300. The smallest absolute Gasteiger partial charge is 0.251 e. The van der Waals surface area contributed by atoms with Gasteiger partial charge >= 0.3 is 0 Å². The first kappa shape index (κ1) is 16.2. The van der Waals surface area contributed by atoms with Crippen molar-refractivity contribution in [2.45, 2.75) is 31.6 Å². The predicted molar refractivity (Wildman–Crippen MR) is 95.2 cm³/mol. The standard InChI is InChI=1S/C20H22N2O2/c1-20(12-6-9-14-7-3-4-11-17(14)20)19(24)22-16-10-5-8-15(13-16)18(23)21-2/h3-5,7-8,10-11,13H,6,9,12H2,1-2H3,(H,21,23)(H,22,24). The zero-order valence-electron chi connectivity index (χ0n) is 14.1. The van der Waals surface area contributed by atoms with E-state index in [0.717, 1.165) is 24.8 Å². The average Bonchev–Trinajstić information content (AvgIpc) is 2.61. The van der Waals surface area contributed by atoms with Gasteiger partial charge < -0.3 is 10.6 Å².